The zero-order valence-corrected chi connectivity index (χ0v) is 11.3. The summed E-state index contributed by atoms with van der Waals surface area (Å²) in [5.41, 5.74) is 0.168. The molecule has 0 aliphatic heterocycles. The van der Waals surface area contributed by atoms with Crippen LogP contribution in [0, 0.1) is 5.92 Å². The lowest BCUT2D eigenvalue weighted by atomic mass is 9.78. The summed E-state index contributed by atoms with van der Waals surface area (Å²) in [5, 5.41) is 7.85. The molecule has 1 aliphatic carbocycles. The quantitative estimate of drug-likeness (QED) is 0.820. The van der Waals surface area contributed by atoms with Gasteiger partial charge in [0.15, 0.2) is 0 Å². The van der Waals surface area contributed by atoms with E-state index in [1.807, 2.05) is 23.1 Å². The fourth-order valence-electron chi connectivity index (χ4n) is 2.54. The normalized spacial score (nSPS) is 29.4. The number of hydrogen-bond acceptors (Lipinski definition) is 2. The molecule has 0 radical (unpaired) electrons. The van der Waals surface area contributed by atoms with Crippen LogP contribution < -0.4 is 5.32 Å². The summed E-state index contributed by atoms with van der Waals surface area (Å²) >= 11 is 6.16. The third-order valence-corrected chi connectivity index (χ3v) is 4.40. The van der Waals surface area contributed by atoms with Crippen LogP contribution in [0.15, 0.2) is 18.5 Å². The first-order valence-corrected chi connectivity index (χ1v) is 7.06. The van der Waals surface area contributed by atoms with Gasteiger partial charge in [-0.25, -0.2) is 0 Å². The molecule has 4 heteroatoms. The number of rotatable bonds is 5. The van der Waals surface area contributed by atoms with E-state index < -0.39 is 0 Å². The number of aromatic nitrogens is 2. The minimum absolute atomic E-state index is 0.168. The van der Waals surface area contributed by atoms with Crippen molar-refractivity contribution in [2.45, 2.75) is 44.7 Å². The Bertz CT molecular complexity index is 315. The highest BCUT2D eigenvalue weighted by molar-refractivity contribution is 6.18. The number of hydrogen-bond donors (Lipinski definition) is 1. The van der Waals surface area contributed by atoms with Crippen LogP contribution in [0.2, 0.25) is 0 Å². The molecular formula is C13H22ClN3. The van der Waals surface area contributed by atoms with Gasteiger partial charge in [0, 0.05) is 30.4 Å². The Balaban J connectivity index is 1.79. The molecule has 2 rings (SSSR count). The average Bonchev–Trinajstić information content (AvgIpc) is 2.85. The minimum Gasteiger partial charge on any atom is -0.308 e. The van der Waals surface area contributed by atoms with Gasteiger partial charge >= 0.3 is 0 Å². The molecule has 1 aliphatic rings. The molecule has 0 amide bonds. The van der Waals surface area contributed by atoms with Gasteiger partial charge in [-0.15, -0.1) is 11.6 Å². The standard InChI is InChI=1S/C13H22ClN3/c1-12-3-5-13(11-14,6-4-12)15-8-10-17-9-2-7-16-17/h2,7,9,12,15H,3-6,8,10-11H2,1H3. The highest BCUT2D eigenvalue weighted by Crippen LogP contribution is 2.32. The summed E-state index contributed by atoms with van der Waals surface area (Å²) in [6.45, 7) is 4.20. The van der Waals surface area contributed by atoms with Crippen molar-refractivity contribution in [2.24, 2.45) is 5.92 Å². The van der Waals surface area contributed by atoms with Crippen LogP contribution in [0.4, 0.5) is 0 Å². The number of alkyl halides is 1. The molecule has 0 aromatic carbocycles. The van der Waals surface area contributed by atoms with E-state index in [0.29, 0.717) is 0 Å². The van der Waals surface area contributed by atoms with E-state index in [9.17, 15) is 0 Å². The van der Waals surface area contributed by atoms with Gasteiger partial charge in [0.2, 0.25) is 0 Å². The smallest absolute Gasteiger partial charge is 0.0534 e. The summed E-state index contributed by atoms with van der Waals surface area (Å²) in [6, 6.07) is 1.96. The molecular weight excluding hydrogens is 234 g/mol. The summed E-state index contributed by atoms with van der Waals surface area (Å²) in [4.78, 5) is 0. The molecule has 1 aromatic heterocycles. The second-order valence-corrected chi connectivity index (χ2v) is 5.56. The lowest BCUT2D eigenvalue weighted by Crippen LogP contribution is -2.50. The van der Waals surface area contributed by atoms with Crippen LogP contribution in [-0.2, 0) is 6.54 Å². The molecule has 1 aromatic rings. The first-order chi connectivity index (χ1) is 8.24. The number of halogens is 1. The molecule has 0 atom stereocenters. The maximum absolute atomic E-state index is 6.16. The van der Waals surface area contributed by atoms with Crippen LogP contribution in [0.1, 0.15) is 32.6 Å². The Kier molecular flexibility index (Phi) is 4.46. The molecule has 3 nitrogen and oxygen atoms in total. The van der Waals surface area contributed by atoms with Crippen LogP contribution in [-0.4, -0.2) is 27.7 Å². The van der Waals surface area contributed by atoms with Crippen molar-refractivity contribution < 1.29 is 0 Å². The number of nitrogens with one attached hydrogen (secondary N) is 1. The van der Waals surface area contributed by atoms with Crippen LogP contribution in [0.5, 0.6) is 0 Å². The molecule has 1 fully saturated rings. The maximum Gasteiger partial charge on any atom is 0.0534 e. The van der Waals surface area contributed by atoms with E-state index >= 15 is 0 Å². The van der Waals surface area contributed by atoms with E-state index in [1.165, 1.54) is 25.7 Å². The molecule has 17 heavy (non-hydrogen) atoms. The van der Waals surface area contributed by atoms with Crippen LogP contribution in [0.25, 0.3) is 0 Å². The Morgan fingerprint density at radius 2 is 2.24 bits per heavy atom. The fourth-order valence-corrected chi connectivity index (χ4v) is 2.90. The van der Waals surface area contributed by atoms with Gasteiger partial charge in [-0.3, -0.25) is 4.68 Å². The molecule has 0 spiro atoms. The predicted octanol–water partition coefficient (Wildman–Crippen LogP) is 2.66. The molecule has 1 saturated carbocycles. The van der Waals surface area contributed by atoms with Crippen molar-refractivity contribution in [3.05, 3.63) is 18.5 Å². The lowest BCUT2D eigenvalue weighted by Gasteiger charge is -2.39. The van der Waals surface area contributed by atoms with Gasteiger partial charge in [0.1, 0.15) is 0 Å². The van der Waals surface area contributed by atoms with E-state index in [2.05, 4.69) is 17.3 Å². The molecule has 0 bridgehead atoms. The molecule has 96 valence electrons. The van der Waals surface area contributed by atoms with Crippen LogP contribution in [0.3, 0.4) is 0 Å². The maximum atomic E-state index is 6.16. The van der Waals surface area contributed by atoms with Crippen molar-refractivity contribution >= 4 is 11.6 Å². The Morgan fingerprint density at radius 1 is 1.47 bits per heavy atom. The van der Waals surface area contributed by atoms with E-state index in [-0.39, 0.29) is 5.54 Å². The highest BCUT2D eigenvalue weighted by atomic mass is 35.5. The Labute approximate surface area is 109 Å². The molecule has 0 unspecified atom stereocenters. The summed E-state index contributed by atoms with van der Waals surface area (Å²) in [5.74, 6) is 1.58. The van der Waals surface area contributed by atoms with Gasteiger partial charge in [0.25, 0.3) is 0 Å². The van der Waals surface area contributed by atoms with Crippen LogP contribution >= 0.6 is 11.6 Å². The van der Waals surface area contributed by atoms with Gasteiger partial charge in [-0.2, -0.15) is 5.10 Å². The fraction of sp³-hybridized carbons (Fsp3) is 0.769. The van der Waals surface area contributed by atoms with Crippen molar-refractivity contribution in [1.82, 2.24) is 15.1 Å². The van der Waals surface area contributed by atoms with Gasteiger partial charge in [-0.05, 0) is 37.7 Å². The Hall–Kier alpha value is -0.540. The molecule has 1 N–H and O–H groups in total. The zero-order valence-electron chi connectivity index (χ0n) is 10.5. The summed E-state index contributed by atoms with van der Waals surface area (Å²) in [7, 11) is 0. The second kappa shape index (κ2) is 5.87. The highest BCUT2D eigenvalue weighted by Gasteiger charge is 2.32. The topological polar surface area (TPSA) is 29.9 Å². The first kappa shape index (κ1) is 12.9. The van der Waals surface area contributed by atoms with Crippen molar-refractivity contribution in [2.75, 3.05) is 12.4 Å². The summed E-state index contributed by atoms with van der Waals surface area (Å²) < 4.78 is 1.96. The second-order valence-electron chi connectivity index (χ2n) is 5.29. The van der Waals surface area contributed by atoms with Gasteiger partial charge in [-0.1, -0.05) is 6.92 Å². The summed E-state index contributed by atoms with van der Waals surface area (Å²) in [6.07, 6.45) is 8.81. The zero-order chi connectivity index (χ0) is 12.1. The first-order valence-electron chi connectivity index (χ1n) is 6.52. The van der Waals surface area contributed by atoms with E-state index in [0.717, 1.165) is 24.9 Å². The third kappa shape index (κ3) is 3.46. The van der Waals surface area contributed by atoms with E-state index in [1.54, 1.807) is 0 Å². The molecule has 1 heterocycles. The third-order valence-electron chi connectivity index (χ3n) is 3.89. The Morgan fingerprint density at radius 3 is 2.82 bits per heavy atom. The largest absolute Gasteiger partial charge is 0.308 e. The van der Waals surface area contributed by atoms with Crippen molar-refractivity contribution in [3.8, 4) is 0 Å². The predicted molar refractivity (Wildman–Crippen MR) is 71.3 cm³/mol. The van der Waals surface area contributed by atoms with Crippen molar-refractivity contribution in [1.29, 1.82) is 0 Å². The average molecular weight is 256 g/mol. The number of nitrogens with zero attached hydrogens (tertiary/aromatic N) is 2. The van der Waals surface area contributed by atoms with Crippen molar-refractivity contribution in [3.63, 3.8) is 0 Å². The van der Waals surface area contributed by atoms with E-state index in [4.69, 9.17) is 11.6 Å². The monoisotopic (exact) mass is 255 g/mol. The molecule has 0 saturated heterocycles. The minimum atomic E-state index is 0.168. The van der Waals surface area contributed by atoms with Gasteiger partial charge < -0.3 is 5.32 Å². The van der Waals surface area contributed by atoms with Gasteiger partial charge in [0.05, 0.1) is 6.54 Å². The lowest BCUT2D eigenvalue weighted by molar-refractivity contribution is 0.215. The SMILES string of the molecule is CC1CCC(CCl)(NCCn2cccn2)CC1.